The number of amides is 1. The monoisotopic (exact) mass is 343 g/mol. The number of benzene rings is 1. The molecule has 0 aliphatic heterocycles. The van der Waals surface area contributed by atoms with Crippen LogP contribution in [-0.2, 0) is 4.79 Å². The fourth-order valence-electron chi connectivity index (χ4n) is 2.14. The summed E-state index contributed by atoms with van der Waals surface area (Å²) in [5, 5.41) is 22.2. The summed E-state index contributed by atoms with van der Waals surface area (Å²) < 4.78 is 1.80. The zero-order valence-corrected chi connectivity index (χ0v) is 13.5. The predicted octanol–water partition coefficient (Wildman–Crippen LogP) is 2.68. The molecule has 0 bridgehead atoms. The van der Waals surface area contributed by atoms with Crippen molar-refractivity contribution in [3.8, 4) is 0 Å². The molecule has 0 atom stereocenters. The average molecular weight is 343 g/mol. The first-order valence-electron chi connectivity index (χ1n) is 7.02. The number of aromatic nitrogens is 3. The van der Waals surface area contributed by atoms with Crippen molar-refractivity contribution in [2.24, 2.45) is 0 Å². The summed E-state index contributed by atoms with van der Waals surface area (Å²) in [6, 6.07) is 9.87. The number of carbonyl (C=O) groups is 1. The highest BCUT2D eigenvalue weighted by molar-refractivity contribution is 7.99. The number of aryl methyl sites for hydroxylation is 1. The molecule has 3 aromatic rings. The maximum absolute atomic E-state index is 12.1. The number of nitro benzene ring substituents is 1. The van der Waals surface area contributed by atoms with Gasteiger partial charge in [0.2, 0.25) is 5.91 Å². The summed E-state index contributed by atoms with van der Waals surface area (Å²) in [7, 11) is 0. The third kappa shape index (κ3) is 3.35. The van der Waals surface area contributed by atoms with E-state index in [1.54, 1.807) is 11.3 Å². The molecule has 0 saturated heterocycles. The van der Waals surface area contributed by atoms with Gasteiger partial charge in [0, 0.05) is 24.0 Å². The molecule has 122 valence electrons. The number of pyridine rings is 1. The van der Waals surface area contributed by atoms with Crippen molar-refractivity contribution in [1.29, 1.82) is 0 Å². The second-order valence-electron chi connectivity index (χ2n) is 5.00. The molecular weight excluding hydrogens is 330 g/mol. The van der Waals surface area contributed by atoms with Gasteiger partial charge in [-0.05, 0) is 30.7 Å². The maximum Gasteiger partial charge on any atom is 0.269 e. The fourth-order valence-corrected chi connectivity index (χ4v) is 2.86. The Labute approximate surface area is 141 Å². The molecule has 0 aliphatic rings. The summed E-state index contributed by atoms with van der Waals surface area (Å²) >= 11 is 1.27. The fraction of sp³-hybridized carbons (Fsp3) is 0.133. The highest BCUT2D eigenvalue weighted by atomic mass is 32.2. The van der Waals surface area contributed by atoms with E-state index in [-0.39, 0.29) is 17.3 Å². The van der Waals surface area contributed by atoms with E-state index in [9.17, 15) is 14.9 Å². The average Bonchev–Trinajstić information content (AvgIpc) is 2.98. The molecule has 0 saturated carbocycles. The first kappa shape index (κ1) is 15.9. The summed E-state index contributed by atoms with van der Waals surface area (Å²) in [5.41, 5.74) is 1.90. The van der Waals surface area contributed by atoms with Crippen molar-refractivity contribution in [2.45, 2.75) is 12.1 Å². The Kier molecular flexibility index (Phi) is 4.43. The van der Waals surface area contributed by atoms with Crippen LogP contribution in [0, 0.1) is 17.0 Å². The van der Waals surface area contributed by atoms with Crippen LogP contribution < -0.4 is 5.32 Å². The van der Waals surface area contributed by atoms with Crippen LogP contribution in [0.4, 0.5) is 11.4 Å². The van der Waals surface area contributed by atoms with Crippen LogP contribution in [0.25, 0.3) is 5.65 Å². The Hall–Kier alpha value is -2.94. The minimum Gasteiger partial charge on any atom is -0.325 e. The number of hydrogen-bond donors (Lipinski definition) is 1. The van der Waals surface area contributed by atoms with Crippen LogP contribution in [-0.4, -0.2) is 31.2 Å². The van der Waals surface area contributed by atoms with E-state index in [1.165, 1.54) is 30.0 Å². The zero-order chi connectivity index (χ0) is 17.1. The van der Waals surface area contributed by atoms with Gasteiger partial charge in [-0.1, -0.05) is 17.8 Å². The molecule has 1 amide bonds. The van der Waals surface area contributed by atoms with Crippen LogP contribution >= 0.6 is 11.8 Å². The predicted molar refractivity (Wildman–Crippen MR) is 90.2 cm³/mol. The number of rotatable bonds is 5. The number of non-ortho nitro benzene ring substituents is 1. The molecule has 3 rings (SSSR count). The molecular formula is C15H13N5O3S. The molecule has 1 aromatic carbocycles. The third-order valence-electron chi connectivity index (χ3n) is 3.31. The number of carbonyl (C=O) groups excluding carboxylic acids is 1. The van der Waals surface area contributed by atoms with Gasteiger partial charge in [0.25, 0.3) is 5.69 Å². The third-order valence-corrected chi connectivity index (χ3v) is 4.25. The topological polar surface area (TPSA) is 102 Å². The van der Waals surface area contributed by atoms with Crippen LogP contribution in [0.15, 0.2) is 47.8 Å². The number of hydrogen-bond acceptors (Lipinski definition) is 6. The van der Waals surface area contributed by atoms with E-state index in [2.05, 4.69) is 15.5 Å². The number of anilines is 1. The molecule has 8 nitrogen and oxygen atoms in total. The lowest BCUT2D eigenvalue weighted by molar-refractivity contribution is -0.384. The summed E-state index contributed by atoms with van der Waals surface area (Å²) in [5.74, 6) is -0.0591. The molecule has 24 heavy (non-hydrogen) atoms. The first-order chi connectivity index (χ1) is 11.5. The van der Waals surface area contributed by atoms with E-state index >= 15 is 0 Å². The smallest absolute Gasteiger partial charge is 0.269 e. The van der Waals surface area contributed by atoms with Crippen molar-refractivity contribution in [3.05, 3.63) is 58.3 Å². The van der Waals surface area contributed by atoms with Gasteiger partial charge in [-0.15, -0.1) is 10.2 Å². The summed E-state index contributed by atoms with van der Waals surface area (Å²) in [6.07, 6.45) is 1.83. The molecule has 9 heteroatoms. The van der Waals surface area contributed by atoms with Crippen LogP contribution in [0.5, 0.6) is 0 Å². The van der Waals surface area contributed by atoms with Crippen molar-refractivity contribution in [1.82, 2.24) is 14.6 Å². The van der Waals surface area contributed by atoms with Gasteiger partial charge in [0.05, 0.1) is 10.7 Å². The second-order valence-corrected chi connectivity index (χ2v) is 5.95. The second kappa shape index (κ2) is 6.67. The zero-order valence-electron chi connectivity index (χ0n) is 12.7. The van der Waals surface area contributed by atoms with Crippen molar-refractivity contribution < 1.29 is 9.72 Å². The Morgan fingerprint density at radius 2 is 2.17 bits per heavy atom. The minimum atomic E-state index is -0.467. The highest BCUT2D eigenvalue weighted by Gasteiger charge is 2.12. The van der Waals surface area contributed by atoms with Crippen LogP contribution in [0.3, 0.4) is 0 Å². The Morgan fingerprint density at radius 3 is 2.92 bits per heavy atom. The van der Waals surface area contributed by atoms with Gasteiger partial charge in [0.15, 0.2) is 10.8 Å². The van der Waals surface area contributed by atoms with Crippen molar-refractivity contribution >= 4 is 34.7 Å². The number of thioether (sulfide) groups is 1. The van der Waals surface area contributed by atoms with Gasteiger partial charge < -0.3 is 5.32 Å². The van der Waals surface area contributed by atoms with Gasteiger partial charge in [-0.3, -0.25) is 19.3 Å². The normalized spacial score (nSPS) is 10.7. The molecule has 2 aromatic heterocycles. The van der Waals surface area contributed by atoms with Gasteiger partial charge >= 0.3 is 0 Å². The minimum absolute atomic E-state index is 0.00481. The number of nitro groups is 1. The lowest BCUT2D eigenvalue weighted by atomic mass is 10.2. The number of fused-ring (bicyclic) bond motifs is 1. The van der Waals surface area contributed by atoms with Crippen molar-refractivity contribution in [3.63, 3.8) is 0 Å². The van der Waals surface area contributed by atoms with E-state index in [1.807, 2.05) is 24.4 Å². The number of nitrogens with zero attached hydrogens (tertiary/aromatic N) is 4. The molecule has 0 fully saturated rings. The molecule has 0 aliphatic carbocycles. The summed E-state index contributed by atoms with van der Waals surface area (Å²) in [6.45, 7) is 1.71. The van der Waals surface area contributed by atoms with E-state index in [4.69, 9.17) is 0 Å². The quantitative estimate of drug-likeness (QED) is 0.434. The van der Waals surface area contributed by atoms with E-state index < -0.39 is 4.92 Å². The summed E-state index contributed by atoms with van der Waals surface area (Å²) in [4.78, 5) is 22.4. The SMILES string of the molecule is Cc1cc([N+](=O)[O-])ccc1NC(=O)CSc1nnc2ccccn12. The van der Waals surface area contributed by atoms with Crippen molar-refractivity contribution in [2.75, 3.05) is 11.1 Å². The van der Waals surface area contributed by atoms with Gasteiger partial charge in [0.1, 0.15) is 0 Å². The Morgan fingerprint density at radius 1 is 1.33 bits per heavy atom. The first-order valence-corrected chi connectivity index (χ1v) is 8.00. The standard InChI is InChI=1S/C15H13N5O3S/c1-10-8-11(20(22)23)5-6-12(10)16-14(21)9-24-15-18-17-13-4-2-3-7-19(13)15/h2-8H,9H2,1H3,(H,16,21). The molecule has 2 heterocycles. The van der Waals surface area contributed by atoms with E-state index in [0.717, 1.165) is 0 Å². The Balaban J connectivity index is 1.65. The van der Waals surface area contributed by atoms with Gasteiger partial charge in [-0.2, -0.15) is 0 Å². The molecule has 1 N–H and O–H groups in total. The molecule has 0 spiro atoms. The van der Waals surface area contributed by atoms with E-state index in [0.29, 0.717) is 22.1 Å². The lowest BCUT2D eigenvalue weighted by Gasteiger charge is -2.07. The maximum atomic E-state index is 12.1. The van der Waals surface area contributed by atoms with Crippen LogP contribution in [0.1, 0.15) is 5.56 Å². The highest BCUT2D eigenvalue weighted by Crippen LogP contribution is 2.22. The van der Waals surface area contributed by atoms with Gasteiger partial charge in [-0.25, -0.2) is 0 Å². The lowest BCUT2D eigenvalue weighted by Crippen LogP contribution is -2.15. The van der Waals surface area contributed by atoms with Crippen LogP contribution in [0.2, 0.25) is 0 Å². The molecule has 0 unspecified atom stereocenters. The molecule has 0 radical (unpaired) electrons. The number of nitrogens with one attached hydrogen (secondary N) is 1. The Bertz CT molecular complexity index is 924. The largest absolute Gasteiger partial charge is 0.325 e.